The van der Waals surface area contributed by atoms with Crippen molar-refractivity contribution in [2.75, 3.05) is 46.2 Å². The molecule has 5 heteroatoms. The summed E-state index contributed by atoms with van der Waals surface area (Å²) in [6.45, 7) is 1.54. The van der Waals surface area contributed by atoms with E-state index in [4.69, 9.17) is 4.52 Å². The number of thiol groups is 1. The van der Waals surface area contributed by atoms with Gasteiger partial charge in [0.2, 0.25) is 0 Å². The molecule has 0 spiro atoms. The van der Waals surface area contributed by atoms with Crippen molar-refractivity contribution >= 4 is 20.7 Å². The minimum absolute atomic E-state index is 0.619. The number of hydrogen-bond donors (Lipinski definition) is 1. The van der Waals surface area contributed by atoms with Crippen LogP contribution in [0.2, 0.25) is 0 Å². The summed E-state index contributed by atoms with van der Waals surface area (Å²) in [5.74, 6) is 1.02. The highest BCUT2D eigenvalue weighted by Gasteiger charge is 2.07. The maximum absolute atomic E-state index is 11.7. The van der Waals surface area contributed by atoms with Gasteiger partial charge in [-0.1, -0.05) is 44.9 Å². The number of rotatable bonds is 15. The maximum Gasteiger partial charge on any atom is 0.191 e. The van der Waals surface area contributed by atoms with E-state index in [1.807, 2.05) is 0 Å². The van der Waals surface area contributed by atoms with E-state index >= 15 is 0 Å². The molecule has 0 aromatic carbocycles. The fraction of sp³-hybridized carbons (Fsp3) is 1.00. The van der Waals surface area contributed by atoms with E-state index in [1.165, 1.54) is 51.4 Å². The van der Waals surface area contributed by atoms with Gasteiger partial charge in [0.15, 0.2) is 8.03 Å². The van der Waals surface area contributed by atoms with Gasteiger partial charge in [0.1, 0.15) is 13.2 Å². The van der Waals surface area contributed by atoms with E-state index in [1.54, 1.807) is 0 Å². The summed E-state index contributed by atoms with van der Waals surface area (Å²) < 4.78 is 18.0. The number of hydrogen-bond acceptors (Lipinski definition) is 3. The van der Waals surface area contributed by atoms with Crippen molar-refractivity contribution in [3.05, 3.63) is 0 Å². The standard InChI is InChI=1S/C16H36NO2PS/c1-17(2,3)13-14-19-20(18)15-11-9-7-5-4-6-8-10-12-16-21/h20H,4-16H2,1-3H3/p+1. The Kier molecular flexibility index (Phi) is 14.5. The Bertz CT molecular complexity index is 257. The molecule has 0 heterocycles. The Morgan fingerprint density at radius 3 is 1.81 bits per heavy atom. The average molecular weight is 339 g/mol. The van der Waals surface area contributed by atoms with Gasteiger partial charge >= 0.3 is 0 Å². The predicted octanol–water partition coefficient (Wildman–Crippen LogP) is 4.62. The highest BCUT2D eigenvalue weighted by atomic mass is 32.1. The van der Waals surface area contributed by atoms with E-state index in [9.17, 15) is 4.57 Å². The number of quaternary nitrogens is 1. The van der Waals surface area contributed by atoms with Gasteiger partial charge in [-0.05, 0) is 18.6 Å². The van der Waals surface area contributed by atoms with E-state index in [2.05, 4.69) is 33.8 Å². The molecule has 3 nitrogen and oxygen atoms in total. The molecule has 0 rings (SSSR count). The molecule has 0 saturated heterocycles. The van der Waals surface area contributed by atoms with Crippen LogP contribution in [0.3, 0.4) is 0 Å². The minimum Gasteiger partial charge on any atom is -0.329 e. The van der Waals surface area contributed by atoms with Crippen molar-refractivity contribution in [1.82, 2.24) is 0 Å². The second-order valence-electron chi connectivity index (χ2n) is 6.89. The molecular weight excluding hydrogens is 301 g/mol. The molecule has 128 valence electrons. The Morgan fingerprint density at radius 2 is 1.33 bits per heavy atom. The van der Waals surface area contributed by atoms with E-state index in [0.29, 0.717) is 6.61 Å². The lowest BCUT2D eigenvalue weighted by Gasteiger charge is -2.23. The van der Waals surface area contributed by atoms with Crippen LogP contribution < -0.4 is 0 Å². The molecule has 0 saturated carbocycles. The highest BCUT2D eigenvalue weighted by Crippen LogP contribution is 2.24. The van der Waals surface area contributed by atoms with Crippen LogP contribution >= 0.6 is 20.7 Å². The molecule has 0 aromatic heterocycles. The first-order valence-corrected chi connectivity index (χ1v) is 10.7. The summed E-state index contributed by atoms with van der Waals surface area (Å²) in [6, 6.07) is 0. The molecular formula is C16H37NO2PS+. The van der Waals surface area contributed by atoms with Gasteiger partial charge in [0.05, 0.1) is 21.1 Å². The van der Waals surface area contributed by atoms with Gasteiger partial charge in [-0.2, -0.15) is 12.6 Å². The molecule has 0 aliphatic carbocycles. The first-order valence-electron chi connectivity index (χ1n) is 8.52. The van der Waals surface area contributed by atoms with Crippen LogP contribution in [-0.2, 0) is 9.09 Å². The Hall–Kier alpha value is 0.500. The molecule has 0 radical (unpaired) electrons. The number of unbranched alkanes of at least 4 members (excludes halogenated alkanes) is 8. The maximum atomic E-state index is 11.7. The van der Waals surface area contributed by atoms with E-state index in [-0.39, 0.29) is 0 Å². The fourth-order valence-electron chi connectivity index (χ4n) is 2.12. The average Bonchev–Trinajstić information content (AvgIpc) is 2.39. The Morgan fingerprint density at radius 1 is 0.857 bits per heavy atom. The normalized spacial score (nSPS) is 13.5. The lowest BCUT2D eigenvalue weighted by Crippen LogP contribution is -2.37. The predicted molar refractivity (Wildman–Crippen MR) is 98.1 cm³/mol. The quantitative estimate of drug-likeness (QED) is 0.204. The zero-order valence-corrected chi connectivity index (χ0v) is 16.3. The summed E-state index contributed by atoms with van der Waals surface area (Å²) in [5.41, 5.74) is 0. The van der Waals surface area contributed by atoms with Crippen LogP contribution in [0.5, 0.6) is 0 Å². The third-order valence-corrected chi connectivity index (χ3v) is 5.17. The van der Waals surface area contributed by atoms with Crippen molar-refractivity contribution in [2.45, 2.75) is 57.8 Å². The third-order valence-electron chi connectivity index (χ3n) is 3.56. The van der Waals surface area contributed by atoms with Gasteiger partial charge < -0.3 is 9.01 Å². The largest absolute Gasteiger partial charge is 0.329 e. The molecule has 0 amide bonds. The van der Waals surface area contributed by atoms with Gasteiger partial charge in [-0.25, -0.2) is 0 Å². The summed E-state index contributed by atoms with van der Waals surface area (Å²) in [6.07, 6.45) is 12.3. The van der Waals surface area contributed by atoms with Crippen molar-refractivity contribution in [3.8, 4) is 0 Å². The second kappa shape index (κ2) is 14.1. The third kappa shape index (κ3) is 18.5. The monoisotopic (exact) mass is 338 g/mol. The molecule has 1 atom stereocenters. The SMILES string of the molecule is C[N+](C)(C)CCO[PH](=O)CCCCCCCCCCCS. The van der Waals surface area contributed by atoms with Gasteiger partial charge in [0, 0.05) is 6.16 Å². The van der Waals surface area contributed by atoms with Crippen LogP contribution in [0, 0.1) is 0 Å². The zero-order valence-electron chi connectivity index (χ0n) is 14.4. The molecule has 0 bridgehead atoms. The molecule has 0 N–H and O–H groups in total. The van der Waals surface area contributed by atoms with Crippen molar-refractivity contribution in [3.63, 3.8) is 0 Å². The van der Waals surface area contributed by atoms with Crippen LogP contribution in [0.1, 0.15) is 57.8 Å². The van der Waals surface area contributed by atoms with E-state index in [0.717, 1.165) is 29.4 Å². The highest BCUT2D eigenvalue weighted by molar-refractivity contribution is 7.80. The molecule has 0 fully saturated rings. The minimum atomic E-state index is -1.79. The van der Waals surface area contributed by atoms with Crippen molar-refractivity contribution < 1.29 is 13.6 Å². The zero-order chi connectivity index (χ0) is 16.0. The summed E-state index contributed by atoms with van der Waals surface area (Å²) in [4.78, 5) is 0. The smallest absolute Gasteiger partial charge is 0.191 e. The molecule has 0 aromatic rings. The first-order chi connectivity index (χ1) is 9.95. The lowest BCUT2D eigenvalue weighted by atomic mass is 10.1. The van der Waals surface area contributed by atoms with Gasteiger partial charge in [-0.15, -0.1) is 0 Å². The Labute approximate surface area is 138 Å². The first kappa shape index (κ1) is 21.5. The molecule has 0 aliphatic heterocycles. The summed E-state index contributed by atoms with van der Waals surface area (Å²) in [5, 5.41) is 0. The number of nitrogens with zero attached hydrogens (tertiary/aromatic N) is 1. The van der Waals surface area contributed by atoms with Crippen LogP contribution in [0.4, 0.5) is 0 Å². The fourth-order valence-corrected chi connectivity index (χ4v) is 3.35. The summed E-state index contributed by atoms with van der Waals surface area (Å²) >= 11 is 4.22. The van der Waals surface area contributed by atoms with Crippen LogP contribution in [0.25, 0.3) is 0 Å². The lowest BCUT2D eigenvalue weighted by molar-refractivity contribution is -0.870. The topological polar surface area (TPSA) is 26.3 Å². The second-order valence-corrected chi connectivity index (χ2v) is 8.87. The van der Waals surface area contributed by atoms with Gasteiger partial charge in [-0.3, -0.25) is 4.57 Å². The Balaban J connectivity index is 3.22. The summed E-state index contributed by atoms with van der Waals surface area (Å²) in [7, 11) is 4.59. The molecule has 1 unspecified atom stereocenters. The number of likely N-dealkylation sites (N-methyl/N-ethyl adjacent to an activating group) is 1. The molecule has 0 aliphatic rings. The van der Waals surface area contributed by atoms with E-state index < -0.39 is 8.03 Å². The van der Waals surface area contributed by atoms with Crippen LogP contribution in [0.15, 0.2) is 0 Å². The van der Waals surface area contributed by atoms with Crippen molar-refractivity contribution in [1.29, 1.82) is 0 Å². The molecule has 21 heavy (non-hydrogen) atoms. The van der Waals surface area contributed by atoms with Crippen LogP contribution in [-0.4, -0.2) is 50.7 Å². The van der Waals surface area contributed by atoms with Gasteiger partial charge in [0.25, 0.3) is 0 Å². The van der Waals surface area contributed by atoms with Crippen molar-refractivity contribution in [2.24, 2.45) is 0 Å².